The minimum Gasteiger partial charge on any atom is -0.378 e. The fourth-order valence-electron chi connectivity index (χ4n) is 2.80. The van der Waals surface area contributed by atoms with E-state index in [0.29, 0.717) is 22.0 Å². The molecule has 0 saturated carbocycles. The molecule has 10 heteroatoms. The molecular formula is C18H22N6O3S. The van der Waals surface area contributed by atoms with Crippen LogP contribution in [0.3, 0.4) is 0 Å². The van der Waals surface area contributed by atoms with Gasteiger partial charge in [-0.3, -0.25) is 18.7 Å². The predicted octanol–water partition coefficient (Wildman–Crippen LogP) is 0.767. The maximum Gasteiger partial charge on any atom is 0.332 e. The molecule has 2 heterocycles. The maximum absolute atomic E-state index is 12.4. The van der Waals surface area contributed by atoms with Crippen LogP contribution in [0.2, 0.25) is 0 Å². The number of hydrogen-bond acceptors (Lipinski definition) is 6. The third-order valence-corrected chi connectivity index (χ3v) is 5.46. The van der Waals surface area contributed by atoms with E-state index in [4.69, 9.17) is 0 Å². The van der Waals surface area contributed by atoms with Gasteiger partial charge in [-0.25, -0.2) is 9.78 Å². The average Bonchev–Trinajstić information content (AvgIpc) is 3.00. The van der Waals surface area contributed by atoms with Crippen molar-refractivity contribution in [2.45, 2.75) is 5.16 Å². The molecule has 2 aromatic heterocycles. The normalized spacial score (nSPS) is 11.0. The second-order valence-electron chi connectivity index (χ2n) is 6.61. The van der Waals surface area contributed by atoms with Crippen LogP contribution in [-0.2, 0) is 25.9 Å². The summed E-state index contributed by atoms with van der Waals surface area (Å²) in [5, 5.41) is 3.33. The number of nitrogens with zero attached hydrogens (tertiary/aromatic N) is 5. The van der Waals surface area contributed by atoms with Crippen molar-refractivity contribution in [2.75, 3.05) is 30.1 Å². The molecule has 1 amide bonds. The zero-order chi connectivity index (χ0) is 20.6. The van der Waals surface area contributed by atoms with Gasteiger partial charge in [0.25, 0.3) is 5.56 Å². The third-order valence-electron chi connectivity index (χ3n) is 4.43. The molecule has 0 unspecified atom stereocenters. The highest BCUT2D eigenvalue weighted by molar-refractivity contribution is 7.99. The molecule has 3 rings (SSSR count). The molecule has 3 aromatic rings. The summed E-state index contributed by atoms with van der Waals surface area (Å²) in [4.78, 5) is 43.1. The summed E-state index contributed by atoms with van der Waals surface area (Å²) in [6, 6.07) is 7.52. The number of carbonyl (C=O) groups excluding carboxylic acids is 1. The predicted molar refractivity (Wildman–Crippen MR) is 111 cm³/mol. The van der Waals surface area contributed by atoms with Crippen molar-refractivity contribution in [1.29, 1.82) is 0 Å². The van der Waals surface area contributed by atoms with Crippen LogP contribution in [0.5, 0.6) is 0 Å². The van der Waals surface area contributed by atoms with Crippen LogP contribution < -0.4 is 21.5 Å². The van der Waals surface area contributed by atoms with Crippen molar-refractivity contribution < 1.29 is 4.79 Å². The molecule has 0 atom stereocenters. The molecule has 1 N–H and O–H groups in total. The largest absolute Gasteiger partial charge is 0.378 e. The Morgan fingerprint density at radius 2 is 1.71 bits per heavy atom. The van der Waals surface area contributed by atoms with Crippen molar-refractivity contribution in [3.8, 4) is 0 Å². The Balaban J connectivity index is 1.76. The van der Waals surface area contributed by atoms with Crippen LogP contribution in [0.25, 0.3) is 11.2 Å². The number of thioether (sulfide) groups is 1. The molecule has 148 valence electrons. The first kappa shape index (κ1) is 19.7. The lowest BCUT2D eigenvalue weighted by molar-refractivity contribution is -0.113. The van der Waals surface area contributed by atoms with Gasteiger partial charge >= 0.3 is 5.69 Å². The van der Waals surface area contributed by atoms with E-state index >= 15 is 0 Å². The van der Waals surface area contributed by atoms with Gasteiger partial charge in [0.15, 0.2) is 16.3 Å². The van der Waals surface area contributed by atoms with Gasteiger partial charge in [0.1, 0.15) is 0 Å². The number of fused-ring (bicyclic) bond motifs is 1. The maximum atomic E-state index is 12.4. The molecule has 0 radical (unpaired) electrons. The van der Waals surface area contributed by atoms with Gasteiger partial charge in [0.05, 0.1) is 5.75 Å². The minimum atomic E-state index is -0.439. The fraction of sp³-hybridized carbons (Fsp3) is 0.333. The summed E-state index contributed by atoms with van der Waals surface area (Å²) in [6.45, 7) is 0. The molecule has 28 heavy (non-hydrogen) atoms. The SMILES string of the molecule is CN(C)c1ccc(NC(=O)CSc2nc3c(c(=O)n(C)c(=O)n3C)n2C)cc1. The molecule has 9 nitrogen and oxygen atoms in total. The number of imidazole rings is 1. The van der Waals surface area contributed by atoms with Gasteiger partial charge in [-0.2, -0.15) is 0 Å². The van der Waals surface area contributed by atoms with Crippen LogP contribution in [-0.4, -0.2) is 44.4 Å². The van der Waals surface area contributed by atoms with Crippen molar-refractivity contribution in [3.63, 3.8) is 0 Å². The standard InChI is InChI=1S/C18H22N6O3S/c1-21(2)12-8-6-11(7-9-12)19-13(25)10-28-17-20-15-14(22(17)3)16(26)24(5)18(27)23(15)4/h6-9H,10H2,1-5H3,(H,19,25). The number of nitrogens with one attached hydrogen (secondary N) is 1. The molecular weight excluding hydrogens is 380 g/mol. The van der Waals surface area contributed by atoms with Gasteiger partial charge in [-0.1, -0.05) is 11.8 Å². The Bertz CT molecular complexity index is 1160. The van der Waals surface area contributed by atoms with E-state index in [1.54, 1.807) is 18.7 Å². The van der Waals surface area contributed by atoms with Gasteiger partial charge in [0.2, 0.25) is 5.91 Å². The van der Waals surface area contributed by atoms with Crippen molar-refractivity contribution in [3.05, 3.63) is 45.1 Å². The number of hydrogen-bond donors (Lipinski definition) is 1. The topological polar surface area (TPSA) is 94.2 Å². The smallest absolute Gasteiger partial charge is 0.332 e. The minimum absolute atomic E-state index is 0.126. The number of anilines is 2. The lowest BCUT2D eigenvalue weighted by Crippen LogP contribution is -2.37. The van der Waals surface area contributed by atoms with Crippen molar-refractivity contribution >= 4 is 40.2 Å². The third kappa shape index (κ3) is 3.55. The second kappa shape index (κ2) is 7.55. The zero-order valence-electron chi connectivity index (χ0n) is 16.4. The van der Waals surface area contributed by atoms with Crippen LogP contribution in [0.1, 0.15) is 0 Å². The Hall–Kier alpha value is -3.01. The average molecular weight is 402 g/mol. The van der Waals surface area contributed by atoms with Crippen molar-refractivity contribution in [2.24, 2.45) is 21.1 Å². The number of rotatable bonds is 5. The van der Waals surface area contributed by atoms with Gasteiger partial charge in [-0.15, -0.1) is 0 Å². The Morgan fingerprint density at radius 1 is 1.07 bits per heavy atom. The molecule has 0 spiro atoms. The summed E-state index contributed by atoms with van der Waals surface area (Å²) in [6.07, 6.45) is 0. The van der Waals surface area contributed by atoms with Crippen molar-refractivity contribution in [1.82, 2.24) is 18.7 Å². The lowest BCUT2D eigenvalue weighted by Gasteiger charge is -2.13. The van der Waals surface area contributed by atoms with E-state index in [0.717, 1.165) is 10.3 Å². The molecule has 0 bridgehead atoms. The summed E-state index contributed by atoms with van der Waals surface area (Å²) < 4.78 is 3.98. The Morgan fingerprint density at radius 3 is 2.32 bits per heavy atom. The molecule has 0 saturated heterocycles. The highest BCUT2D eigenvalue weighted by Crippen LogP contribution is 2.21. The van der Waals surface area contributed by atoms with Crippen LogP contribution in [0.4, 0.5) is 11.4 Å². The Labute approximate surface area is 165 Å². The zero-order valence-corrected chi connectivity index (χ0v) is 17.2. The first-order valence-electron chi connectivity index (χ1n) is 8.53. The van der Waals surface area contributed by atoms with E-state index < -0.39 is 11.2 Å². The highest BCUT2D eigenvalue weighted by Gasteiger charge is 2.18. The van der Waals surface area contributed by atoms with Crippen LogP contribution in [0.15, 0.2) is 39.0 Å². The summed E-state index contributed by atoms with van der Waals surface area (Å²) in [5.74, 6) is -0.0580. The van der Waals surface area contributed by atoms with E-state index in [1.807, 2.05) is 43.3 Å². The quantitative estimate of drug-likeness (QED) is 0.634. The lowest BCUT2D eigenvalue weighted by atomic mass is 10.2. The van der Waals surface area contributed by atoms with Crippen LogP contribution >= 0.6 is 11.8 Å². The molecule has 0 aliphatic heterocycles. The second-order valence-corrected chi connectivity index (χ2v) is 7.55. The first-order chi connectivity index (χ1) is 13.2. The molecule has 1 aromatic carbocycles. The van der Waals surface area contributed by atoms with E-state index in [2.05, 4.69) is 10.3 Å². The molecule has 0 aliphatic rings. The summed E-state index contributed by atoms with van der Waals surface area (Å²) in [7, 11) is 8.59. The van der Waals surface area contributed by atoms with Crippen LogP contribution in [0, 0.1) is 0 Å². The number of benzene rings is 1. The number of carbonyl (C=O) groups is 1. The van der Waals surface area contributed by atoms with Gasteiger partial charge in [-0.05, 0) is 24.3 Å². The number of aromatic nitrogens is 4. The first-order valence-corrected chi connectivity index (χ1v) is 9.51. The summed E-state index contributed by atoms with van der Waals surface area (Å²) in [5.41, 5.74) is 1.53. The number of aryl methyl sites for hydroxylation is 2. The van der Waals surface area contributed by atoms with E-state index in [9.17, 15) is 14.4 Å². The van der Waals surface area contributed by atoms with E-state index in [-0.39, 0.29) is 11.7 Å². The fourth-order valence-corrected chi connectivity index (χ4v) is 3.57. The highest BCUT2D eigenvalue weighted by atomic mass is 32.2. The Kier molecular flexibility index (Phi) is 5.32. The molecule has 0 aliphatic carbocycles. The molecule has 0 fully saturated rings. The van der Waals surface area contributed by atoms with Gasteiger partial charge < -0.3 is 14.8 Å². The summed E-state index contributed by atoms with van der Waals surface area (Å²) >= 11 is 1.21. The van der Waals surface area contributed by atoms with Gasteiger partial charge in [0, 0.05) is 46.6 Å². The number of amides is 1. The van der Waals surface area contributed by atoms with E-state index in [1.165, 1.54) is 23.4 Å². The monoisotopic (exact) mass is 402 g/mol.